The average Bonchev–Trinajstić information content (AvgIpc) is 3.90. The molecule has 0 fully saturated rings. The standard InChI is InChI=1S/C39H22N4OS/c1-2-11-23(12-3-1)37-40-38(29-17-10-16-27-25-14-6-9-20-33(25)45-36(27)29)42-39(41-37)43-30-18-7-4-15-28(30)34-31(43)22-21-26-24-13-5-8-19-32(24)44-35(26)34/h1-22H/i4D,5D,7D,8D,13D,15D,18D,19D,21D,22D. The second-order valence-corrected chi connectivity index (χ2v) is 11.5. The lowest BCUT2D eigenvalue weighted by Gasteiger charge is -2.11. The molecule has 0 radical (unpaired) electrons. The Bertz CT molecular complexity index is 3340. The van der Waals surface area contributed by atoms with Gasteiger partial charge in [-0.25, -0.2) is 4.98 Å². The van der Waals surface area contributed by atoms with Crippen LogP contribution in [-0.4, -0.2) is 19.5 Å². The number of thiophene rings is 1. The molecule has 0 saturated heterocycles. The van der Waals surface area contributed by atoms with E-state index >= 15 is 0 Å². The van der Waals surface area contributed by atoms with Gasteiger partial charge in [0, 0.05) is 47.5 Å². The molecular weight excluding hydrogens is 573 g/mol. The van der Waals surface area contributed by atoms with Gasteiger partial charge in [-0.1, -0.05) is 96.9 Å². The van der Waals surface area contributed by atoms with Crippen molar-refractivity contribution in [3.63, 3.8) is 0 Å². The van der Waals surface area contributed by atoms with E-state index in [0.29, 0.717) is 11.1 Å². The summed E-state index contributed by atoms with van der Waals surface area (Å²) >= 11 is 1.58. The molecule has 0 atom stereocenters. The van der Waals surface area contributed by atoms with Crippen LogP contribution in [0.5, 0.6) is 0 Å². The number of hydrogen-bond acceptors (Lipinski definition) is 5. The highest BCUT2D eigenvalue weighted by molar-refractivity contribution is 7.26. The van der Waals surface area contributed by atoms with Gasteiger partial charge in [0.15, 0.2) is 11.6 Å². The number of para-hydroxylation sites is 2. The van der Waals surface area contributed by atoms with Gasteiger partial charge in [-0.3, -0.25) is 4.57 Å². The zero-order chi connectivity index (χ0) is 38.2. The molecule has 5 nitrogen and oxygen atoms in total. The molecule has 4 aromatic heterocycles. The lowest BCUT2D eigenvalue weighted by Crippen LogP contribution is -2.06. The summed E-state index contributed by atoms with van der Waals surface area (Å²) in [7, 11) is 0. The lowest BCUT2D eigenvalue weighted by molar-refractivity contribution is 0.673. The summed E-state index contributed by atoms with van der Waals surface area (Å²) in [4.78, 5) is 14.8. The van der Waals surface area contributed by atoms with E-state index in [9.17, 15) is 4.11 Å². The van der Waals surface area contributed by atoms with Gasteiger partial charge in [-0.2, -0.15) is 9.97 Å². The van der Waals surface area contributed by atoms with Gasteiger partial charge in [0.2, 0.25) is 5.95 Å². The quantitative estimate of drug-likeness (QED) is 0.201. The van der Waals surface area contributed by atoms with Gasteiger partial charge >= 0.3 is 0 Å². The molecule has 10 aromatic rings. The average molecular weight is 605 g/mol. The number of furan rings is 1. The predicted octanol–water partition coefficient (Wildman–Crippen LogP) is 10.6. The van der Waals surface area contributed by atoms with Crippen LogP contribution in [0.2, 0.25) is 0 Å². The first-order valence-corrected chi connectivity index (χ1v) is 14.9. The third kappa shape index (κ3) is 3.57. The summed E-state index contributed by atoms with van der Waals surface area (Å²) in [6.45, 7) is 0. The van der Waals surface area contributed by atoms with E-state index < -0.39 is 60.4 Å². The molecule has 10 rings (SSSR count). The van der Waals surface area contributed by atoms with Gasteiger partial charge in [0.1, 0.15) is 11.2 Å². The maximum absolute atomic E-state index is 9.45. The van der Waals surface area contributed by atoms with Crippen LogP contribution < -0.4 is 0 Å². The summed E-state index contributed by atoms with van der Waals surface area (Å²) in [5.74, 6) is 0.434. The molecule has 0 aliphatic rings. The molecule has 4 heterocycles. The molecule has 0 N–H and O–H groups in total. The topological polar surface area (TPSA) is 56.7 Å². The Morgan fingerprint density at radius 3 is 2.31 bits per heavy atom. The molecule has 0 amide bonds. The zero-order valence-corrected chi connectivity index (χ0v) is 23.9. The molecule has 0 unspecified atom stereocenters. The van der Waals surface area contributed by atoms with Crippen molar-refractivity contribution in [3.05, 3.63) is 133 Å². The minimum atomic E-state index is -0.552. The maximum atomic E-state index is 9.45. The van der Waals surface area contributed by atoms with E-state index in [1.165, 1.54) is 4.57 Å². The smallest absolute Gasteiger partial charge is 0.238 e. The highest BCUT2D eigenvalue weighted by Gasteiger charge is 2.22. The minimum absolute atomic E-state index is 0.0147. The Morgan fingerprint density at radius 2 is 1.38 bits per heavy atom. The van der Waals surface area contributed by atoms with Crippen LogP contribution in [0.4, 0.5) is 0 Å². The first-order chi connectivity index (χ1) is 26.5. The van der Waals surface area contributed by atoms with Gasteiger partial charge < -0.3 is 4.42 Å². The summed E-state index contributed by atoms with van der Waals surface area (Å²) in [6.07, 6.45) is 0. The maximum Gasteiger partial charge on any atom is 0.238 e. The van der Waals surface area contributed by atoms with Crippen molar-refractivity contribution in [2.45, 2.75) is 0 Å². The molecular formula is C39H22N4OS. The molecule has 210 valence electrons. The summed E-state index contributed by atoms with van der Waals surface area (Å²) < 4.78 is 97.7. The molecule has 0 bridgehead atoms. The highest BCUT2D eigenvalue weighted by Crippen LogP contribution is 2.42. The summed E-state index contributed by atoms with van der Waals surface area (Å²) in [6, 6.07) is 18.2. The predicted molar refractivity (Wildman–Crippen MR) is 185 cm³/mol. The fourth-order valence-corrected chi connectivity index (χ4v) is 7.21. The molecule has 0 aliphatic heterocycles. The van der Waals surface area contributed by atoms with E-state index in [1.807, 2.05) is 72.8 Å². The molecule has 6 aromatic carbocycles. The van der Waals surface area contributed by atoms with Crippen molar-refractivity contribution in [1.82, 2.24) is 19.5 Å². The number of hydrogen-bond donors (Lipinski definition) is 0. The van der Waals surface area contributed by atoms with Crippen molar-refractivity contribution >= 4 is 75.3 Å². The molecule has 0 aliphatic carbocycles. The van der Waals surface area contributed by atoms with Crippen molar-refractivity contribution in [2.24, 2.45) is 0 Å². The summed E-state index contributed by atoms with van der Waals surface area (Å²) in [5.41, 5.74) is 0.807. The first-order valence-electron chi connectivity index (χ1n) is 19.1. The number of benzene rings is 6. The van der Waals surface area contributed by atoms with Crippen LogP contribution in [0.3, 0.4) is 0 Å². The van der Waals surface area contributed by atoms with E-state index in [1.54, 1.807) is 11.3 Å². The number of nitrogens with zero attached hydrogens (tertiary/aromatic N) is 4. The van der Waals surface area contributed by atoms with E-state index in [-0.39, 0.29) is 61.3 Å². The van der Waals surface area contributed by atoms with Crippen molar-refractivity contribution in [3.8, 4) is 28.7 Å². The lowest BCUT2D eigenvalue weighted by atomic mass is 10.1. The van der Waals surface area contributed by atoms with Gasteiger partial charge in [0.25, 0.3) is 0 Å². The largest absolute Gasteiger partial charge is 0.455 e. The third-order valence-electron chi connectivity index (χ3n) is 7.97. The number of rotatable bonds is 3. The van der Waals surface area contributed by atoms with Crippen LogP contribution in [0.15, 0.2) is 138 Å². The fourth-order valence-electron chi connectivity index (χ4n) is 6.00. The number of fused-ring (bicyclic) bond motifs is 10. The van der Waals surface area contributed by atoms with Crippen LogP contribution in [-0.2, 0) is 0 Å². The van der Waals surface area contributed by atoms with Crippen molar-refractivity contribution in [1.29, 1.82) is 0 Å². The van der Waals surface area contributed by atoms with Gasteiger partial charge in [-0.05, 0) is 36.3 Å². The molecule has 0 spiro atoms. The Kier molecular flexibility index (Phi) is 3.49. The fraction of sp³-hybridized carbons (Fsp3) is 0. The second-order valence-electron chi connectivity index (χ2n) is 10.5. The minimum Gasteiger partial charge on any atom is -0.455 e. The Labute approximate surface area is 274 Å². The number of aromatic nitrogens is 4. The van der Waals surface area contributed by atoms with E-state index in [4.69, 9.17) is 29.0 Å². The Hall–Kier alpha value is -5.85. The van der Waals surface area contributed by atoms with E-state index in [0.717, 1.165) is 20.2 Å². The second kappa shape index (κ2) is 9.32. The van der Waals surface area contributed by atoms with Crippen LogP contribution >= 0.6 is 11.3 Å². The van der Waals surface area contributed by atoms with Gasteiger partial charge in [-0.15, -0.1) is 11.3 Å². The SMILES string of the molecule is [2H]c1c([2H])c([2H])c2c(oc3c2c([2H])c([2H])c2c3c3c([2H])c([2H])c([2H])c([2H])c3n2-c2nc(-c3ccccc3)nc(-c3cccc4c3sc3ccccc34)n2)c1[2H]. The van der Waals surface area contributed by atoms with Crippen LogP contribution in [0.1, 0.15) is 13.7 Å². The normalized spacial score (nSPS) is 15.1. The Balaban J connectivity index is 1.41. The van der Waals surface area contributed by atoms with Crippen molar-refractivity contribution < 1.29 is 18.1 Å². The van der Waals surface area contributed by atoms with Crippen molar-refractivity contribution in [2.75, 3.05) is 0 Å². The molecule has 0 saturated carbocycles. The third-order valence-corrected chi connectivity index (χ3v) is 9.19. The molecule has 6 heteroatoms. The van der Waals surface area contributed by atoms with E-state index in [2.05, 4.69) is 0 Å². The van der Waals surface area contributed by atoms with Crippen LogP contribution in [0.25, 0.3) is 92.6 Å². The Morgan fingerprint density at radius 1 is 0.600 bits per heavy atom. The monoisotopic (exact) mass is 604 g/mol. The zero-order valence-electron chi connectivity index (χ0n) is 33.0. The highest BCUT2D eigenvalue weighted by atomic mass is 32.1. The van der Waals surface area contributed by atoms with Gasteiger partial charge in [0.05, 0.1) is 30.1 Å². The van der Waals surface area contributed by atoms with Crippen LogP contribution in [0, 0.1) is 0 Å². The summed E-state index contributed by atoms with van der Waals surface area (Å²) in [5, 5.41) is 1.85. The first kappa shape index (κ1) is 16.9. The molecule has 45 heavy (non-hydrogen) atoms.